The Hall–Kier alpha value is -2.28. The van der Waals surface area contributed by atoms with Gasteiger partial charge >= 0.3 is 0 Å². The summed E-state index contributed by atoms with van der Waals surface area (Å²) >= 11 is 1.25. The minimum absolute atomic E-state index is 0.0197. The molecule has 2 aliphatic rings. The van der Waals surface area contributed by atoms with Crippen LogP contribution in [0.2, 0.25) is 0 Å². The molecule has 1 N–H and O–H groups in total. The summed E-state index contributed by atoms with van der Waals surface area (Å²) in [5.41, 5.74) is 0.769. The number of carbonyl (C=O) groups is 1. The Morgan fingerprint density at radius 1 is 1.35 bits per heavy atom. The number of hydrogen-bond acceptors (Lipinski definition) is 4. The molecule has 0 radical (unpaired) electrons. The monoisotopic (exact) mass is 288 g/mol. The zero-order chi connectivity index (χ0) is 14.3. The molecule has 1 aromatic rings. The van der Waals surface area contributed by atoms with Crippen LogP contribution < -0.4 is 0 Å². The predicted octanol–water partition coefficient (Wildman–Crippen LogP) is 2.46. The highest BCUT2D eigenvalue weighted by Crippen LogP contribution is 2.27. The molecule has 20 heavy (non-hydrogen) atoms. The Balaban J connectivity index is 2.00. The average Bonchev–Trinajstić information content (AvgIpc) is 2.77. The number of benzene rings is 1. The number of carbonyl (C=O) groups excluding carboxylic acids is 1. The Morgan fingerprint density at radius 2 is 2.05 bits per heavy atom. The van der Waals surface area contributed by atoms with Gasteiger partial charge in [-0.3, -0.25) is 10.2 Å². The average molecular weight is 288 g/mol. The van der Waals surface area contributed by atoms with Crippen LogP contribution in [0.1, 0.15) is 12.5 Å². The first kappa shape index (κ1) is 12.7. The zero-order valence-corrected chi connectivity index (χ0v) is 11.2. The third-order valence-corrected chi connectivity index (χ3v) is 3.56. The number of halogens is 1. The SMILES string of the molecule is CC1=NN2C(=N)C(=Cc3ccc(F)cc3)C(=O)N=C2S1. The van der Waals surface area contributed by atoms with Crippen molar-refractivity contribution >= 4 is 39.8 Å². The van der Waals surface area contributed by atoms with Gasteiger partial charge in [-0.25, -0.2) is 4.39 Å². The van der Waals surface area contributed by atoms with Crippen LogP contribution in [0.25, 0.3) is 6.08 Å². The number of nitrogens with zero attached hydrogens (tertiary/aromatic N) is 3. The molecule has 0 saturated heterocycles. The Bertz CT molecular complexity index is 706. The lowest BCUT2D eigenvalue weighted by Crippen LogP contribution is -2.35. The van der Waals surface area contributed by atoms with Crippen LogP contribution in [0.3, 0.4) is 0 Å². The van der Waals surface area contributed by atoms with E-state index in [1.54, 1.807) is 6.92 Å². The lowest BCUT2D eigenvalue weighted by molar-refractivity contribution is -0.114. The highest BCUT2D eigenvalue weighted by molar-refractivity contribution is 8.26. The van der Waals surface area contributed by atoms with Crippen molar-refractivity contribution in [1.82, 2.24) is 5.01 Å². The van der Waals surface area contributed by atoms with Gasteiger partial charge in [0.25, 0.3) is 5.91 Å². The Kier molecular flexibility index (Phi) is 2.98. The van der Waals surface area contributed by atoms with Crippen LogP contribution in [0.15, 0.2) is 39.9 Å². The smallest absolute Gasteiger partial charge is 0.282 e. The Morgan fingerprint density at radius 3 is 2.75 bits per heavy atom. The fraction of sp³-hybridized carbons (Fsp3) is 0.0769. The second-order valence-electron chi connectivity index (χ2n) is 4.19. The molecule has 2 aliphatic heterocycles. The van der Waals surface area contributed by atoms with Crippen LogP contribution in [0.4, 0.5) is 4.39 Å². The molecule has 5 nitrogen and oxygen atoms in total. The number of hydrogen-bond donors (Lipinski definition) is 1. The molecular formula is C13H9FN4OS. The molecule has 1 aromatic carbocycles. The van der Waals surface area contributed by atoms with Gasteiger partial charge in [0, 0.05) is 0 Å². The van der Waals surface area contributed by atoms with Gasteiger partial charge in [-0.05, 0) is 42.5 Å². The summed E-state index contributed by atoms with van der Waals surface area (Å²) in [4.78, 5) is 15.9. The van der Waals surface area contributed by atoms with Crippen molar-refractivity contribution in [3.05, 3.63) is 41.2 Å². The Labute approximate surface area is 118 Å². The summed E-state index contributed by atoms with van der Waals surface area (Å²) in [6, 6.07) is 5.67. The number of amidine groups is 2. The molecule has 0 aliphatic carbocycles. The van der Waals surface area contributed by atoms with E-state index in [1.165, 1.54) is 47.1 Å². The minimum Gasteiger partial charge on any atom is -0.282 e. The van der Waals surface area contributed by atoms with E-state index in [1.807, 2.05) is 0 Å². The maximum absolute atomic E-state index is 12.9. The fourth-order valence-corrected chi connectivity index (χ4v) is 2.55. The molecule has 0 bridgehead atoms. The number of amides is 1. The molecule has 3 rings (SSSR count). The van der Waals surface area contributed by atoms with Gasteiger partial charge in [0.1, 0.15) is 5.82 Å². The van der Waals surface area contributed by atoms with E-state index in [0.29, 0.717) is 10.7 Å². The summed E-state index contributed by atoms with van der Waals surface area (Å²) in [5.74, 6) is -0.856. The van der Waals surface area contributed by atoms with Crippen molar-refractivity contribution in [1.29, 1.82) is 5.41 Å². The molecule has 1 amide bonds. The molecule has 7 heteroatoms. The third kappa shape index (κ3) is 2.16. The van der Waals surface area contributed by atoms with E-state index >= 15 is 0 Å². The number of fused-ring (bicyclic) bond motifs is 1. The number of thioether (sulfide) groups is 1. The molecule has 0 fully saturated rings. The summed E-state index contributed by atoms with van der Waals surface area (Å²) in [5, 5.41) is 14.6. The van der Waals surface area contributed by atoms with E-state index in [2.05, 4.69) is 10.1 Å². The maximum Gasteiger partial charge on any atom is 0.283 e. The molecule has 0 unspecified atom stereocenters. The topological polar surface area (TPSA) is 68.9 Å². The van der Waals surface area contributed by atoms with Crippen molar-refractivity contribution in [2.45, 2.75) is 6.92 Å². The van der Waals surface area contributed by atoms with Gasteiger partial charge in [0.05, 0.1) is 10.6 Å². The maximum atomic E-state index is 12.9. The van der Waals surface area contributed by atoms with E-state index in [0.717, 1.165) is 5.04 Å². The quantitative estimate of drug-likeness (QED) is 0.807. The van der Waals surface area contributed by atoms with Gasteiger partial charge in [-0.1, -0.05) is 12.1 Å². The van der Waals surface area contributed by atoms with Crippen molar-refractivity contribution in [3.8, 4) is 0 Å². The number of rotatable bonds is 1. The van der Waals surface area contributed by atoms with E-state index in [9.17, 15) is 9.18 Å². The second-order valence-corrected chi connectivity index (χ2v) is 5.35. The van der Waals surface area contributed by atoms with Crippen LogP contribution in [0, 0.1) is 11.2 Å². The van der Waals surface area contributed by atoms with Gasteiger partial charge in [0.2, 0.25) is 5.17 Å². The second kappa shape index (κ2) is 4.68. The standard InChI is InChI=1S/C13H9FN4OS/c1-7-17-18-11(15)10(12(19)16-13(18)20-7)6-8-2-4-9(14)5-3-8/h2-6,15H,1H3. The summed E-state index contributed by atoms with van der Waals surface area (Å²) in [7, 11) is 0. The molecule has 2 heterocycles. The fourth-order valence-electron chi connectivity index (χ4n) is 1.81. The number of hydrazone groups is 1. The molecule has 0 spiro atoms. The van der Waals surface area contributed by atoms with Crippen molar-refractivity contribution in [2.24, 2.45) is 10.1 Å². The number of nitrogens with one attached hydrogen (secondary N) is 1. The van der Waals surface area contributed by atoms with Crippen LogP contribution in [-0.4, -0.2) is 27.0 Å². The van der Waals surface area contributed by atoms with Crippen LogP contribution in [0.5, 0.6) is 0 Å². The lowest BCUT2D eigenvalue weighted by atomic mass is 10.1. The third-order valence-electron chi connectivity index (χ3n) is 2.74. The van der Waals surface area contributed by atoms with Crippen molar-refractivity contribution in [2.75, 3.05) is 0 Å². The molecule has 0 saturated carbocycles. The van der Waals surface area contributed by atoms with Gasteiger partial charge in [-0.15, -0.1) is 0 Å². The van der Waals surface area contributed by atoms with Gasteiger partial charge in [-0.2, -0.15) is 15.1 Å². The predicted molar refractivity (Wildman–Crippen MR) is 77.1 cm³/mol. The molecule has 0 atom stereocenters. The highest BCUT2D eigenvalue weighted by Gasteiger charge is 2.34. The first-order valence-corrected chi connectivity index (χ1v) is 6.58. The normalized spacial score (nSPS) is 20.1. The van der Waals surface area contributed by atoms with Gasteiger partial charge < -0.3 is 0 Å². The number of aliphatic imine (C=N–C) groups is 1. The summed E-state index contributed by atoms with van der Waals surface area (Å²) in [6.07, 6.45) is 1.51. The highest BCUT2D eigenvalue weighted by atomic mass is 32.2. The van der Waals surface area contributed by atoms with Gasteiger partial charge in [0.15, 0.2) is 5.84 Å². The first-order valence-electron chi connectivity index (χ1n) is 5.77. The lowest BCUT2D eigenvalue weighted by Gasteiger charge is -2.20. The molecular weight excluding hydrogens is 279 g/mol. The summed E-state index contributed by atoms with van der Waals surface area (Å²) < 4.78 is 12.9. The minimum atomic E-state index is -0.483. The zero-order valence-electron chi connectivity index (χ0n) is 10.4. The van der Waals surface area contributed by atoms with Crippen molar-refractivity contribution in [3.63, 3.8) is 0 Å². The van der Waals surface area contributed by atoms with Crippen molar-refractivity contribution < 1.29 is 9.18 Å². The first-order chi connectivity index (χ1) is 9.54. The largest absolute Gasteiger partial charge is 0.283 e. The van der Waals surface area contributed by atoms with E-state index in [4.69, 9.17) is 5.41 Å². The van der Waals surface area contributed by atoms with E-state index in [-0.39, 0.29) is 17.2 Å². The molecule has 0 aromatic heterocycles. The van der Waals surface area contributed by atoms with Crippen LogP contribution in [-0.2, 0) is 4.79 Å². The van der Waals surface area contributed by atoms with Crippen LogP contribution >= 0.6 is 11.8 Å². The summed E-state index contributed by atoms with van der Waals surface area (Å²) in [6.45, 7) is 1.78. The van der Waals surface area contributed by atoms with E-state index < -0.39 is 5.91 Å². The molecule has 100 valence electrons.